The van der Waals surface area contributed by atoms with Crippen molar-refractivity contribution in [2.24, 2.45) is 0 Å². The summed E-state index contributed by atoms with van der Waals surface area (Å²) < 4.78 is 0. The second-order valence-electron chi connectivity index (χ2n) is 2.86. The minimum atomic E-state index is -0.579. The van der Waals surface area contributed by atoms with Crippen LogP contribution >= 0.6 is 0 Å². The van der Waals surface area contributed by atoms with E-state index in [2.05, 4.69) is 0 Å². The summed E-state index contributed by atoms with van der Waals surface area (Å²) >= 11 is 0. The fourth-order valence-electron chi connectivity index (χ4n) is 1.07. The molecule has 0 spiro atoms. The lowest BCUT2D eigenvalue weighted by atomic mass is 10.1. The van der Waals surface area contributed by atoms with E-state index in [9.17, 15) is 0 Å². The Balaban J connectivity index is 2.33. The zero-order valence-corrected chi connectivity index (χ0v) is 6.98. The van der Waals surface area contributed by atoms with Crippen molar-refractivity contribution in [1.82, 2.24) is 0 Å². The van der Waals surface area contributed by atoms with Crippen LogP contribution in [0.3, 0.4) is 0 Å². The number of hydrogen-bond acceptors (Lipinski definition) is 2. The third-order valence-corrected chi connectivity index (χ3v) is 1.82. The standard InChI is InChI=1S/C10H14O2/c11-8-10(12)7-6-9-4-2-1-3-5-9/h1-5,10-12H,6-8H2. The molecule has 0 aromatic heterocycles. The van der Waals surface area contributed by atoms with E-state index in [1.807, 2.05) is 30.3 Å². The molecule has 1 aromatic carbocycles. The second kappa shape index (κ2) is 4.91. The lowest BCUT2D eigenvalue weighted by Gasteiger charge is -2.05. The van der Waals surface area contributed by atoms with Crippen LogP contribution < -0.4 is 0 Å². The van der Waals surface area contributed by atoms with Crippen LogP contribution in [0.1, 0.15) is 12.0 Å². The summed E-state index contributed by atoms with van der Waals surface area (Å²) in [5.41, 5.74) is 1.20. The highest BCUT2D eigenvalue weighted by Gasteiger charge is 2.01. The Morgan fingerprint density at radius 1 is 1.17 bits per heavy atom. The van der Waals surface area contributed by atoms with Crippen molar-refractivity contribution in [3.05, 3.63) is 35.9 Å². The molecule has 0 aliphatic carbocycles. The minimum Gasteiger partial charge on any atom is -0.394 e. The molecule has 0 aliphatic heterocycles. The molecule has 2 heteroatoms. The predicted octanol–water partition coefficient (Wildman–Crippen LogP) is 0.972. The molecule has 0 radical (unpaired) electrons. The van der Waals surface area contributed by atoms with Crippen molar-refractivity contribution >= 4 is 0 Å². The van der Waals surface area contributed by atoms with Gasteiger partial charge in [-0.2, -0.15) is 0 Å². The maximum Gasteiger partial charge on any atom is 0.0774 e. The van der Waals surface area contributed by atoms with E-state index in [1.54, 1.807) is 0 Å². The first kappa shape index (κ1) is 9.23. The van der Waals surface area contributed by atoms with Crippen LogP contribution in [0.15, 0.2) is 30.3 Å². The molecule has 0 fully saturated rings. The molecule has 0 saturated carbocycles. The Kier molecular flexibility index (Phi) is 3.77. The molecule has 2 N–H and O–H groups in total. The number of rotatable bonds is 4. The van der Waals surface area contributed by atoms with E-state index < -0.39 is 6.10 Å². The van der Waals surface area contributed by atoms with Gasteiger partial charge in [0.15, 0.2) is 0 Å². The van der Waals surface area contributed by atoms with E-state index in [-0.39, 0.29) is 6.61 Å². The average molecular weight is 166 g/mol. The minimum absolute atomic E-state index is 0.146. The molecule has 0 aliphatic rings. The van der Waals surface area contributed by atoms with Crippen molar-refractivity contribution in [3.63, 3.8) is 0 Å². The van der Waals surface area contributed by atoms with Crippen LogP contribution in [-0.2, 0) is 6.42 Å². The van der Waals surface area contributed by atoms with Gasteiger partial charge in [0, 0.05) is 0 Å². The van der Waals surface area contributed by atoms with Crippen LogP contribution in [0, 0.1) is 0 Å². The zero-order chi connectivity index (χ0) is 8.81. The molecule has 0 bridgehead atoms. The quantitative estimate of drug-likeness (QED) is 0.699. The van der Waals surface area contributed by atoms with Crippen LogP contribution in [0.4, 0.5) is 0 Å². The average Bonchev–Trinajstić information content (AvgIpc) is 2.16. The summed E-state index contributed by atoms with van der Waals surface area (Å²) in [5.74, 6) is 0. The third kappa shape index (κ3) is 3.03. The Labute approximate surface area is 72.5 Å². The van der Waals surface area contributed by atoms with Gasteiger partial charge >= 0.3 is 0 Å². The number of aliphatic hydroxyl groups is 2. The van der Waals surface area contributed by atoms with Gasteiger partial charge in [0.05, 0.1) is 12.7 Å². The highest BCUT2D eigenvalue weighted by Crippen LogP contribution is 2.04. The van der Waals surface area contributed by atoms with E-state index in [0.717, 1.165) is 6.42 Å². The summed E-state index contributed by atoms with van der Waals surface area (Å²) in [6.07, 6.45) is 0.869. The molecule has 66 valence electrons. The molecule has 1 atom stereocenters. The molecule has 0 amide bonds. The first-order chi connectivity index (χ1) is 5.83. The van der Waals surface area contributed by atoms with Crippen molar-refractivity contribution in [3.8, 4) is 0 Å². The molecule has 2 nitrogen and oxygen atoms in total. The zero-order valence-electron chi connectivity index (χ0n) is 6.98. The van der Waals surface area contributed by atoms with Gasteiger partial charge in [0.25, 0.3) is 0 Å². The van der Waals surface area contributed by atoms with E-state index in [0.29, 0.717) is 6.42 Å². The lowest BCUT2D eigenvalue weighted by Crippen LogP contribution is -2.12. The third-order valence-electron chi connectivity index (χ3n) is 1.82. The number of aliphatic hydroxyl groups excluding tert-OH is 2. The Bertz CT molecular complexity index is 208. The molecule has 12 heavy (non-hydrogen) atoms. The Morgan fingerprint density at radius 2 is 1.83 bits per heavy atom. The highest BCUT2D eigenvalue weighted by molar-refractivity contribution is 5.14. The second-order valence-corrected chi connectivity index (χ2v) is 2.86. The highest BCUT2D eigenvalue weighted by atomic mass is 16.3. The van der Waals surface area contributed by atoms with Gasteiger partial charge in [-0.25, -0.2) is 0 Å². The van der Waals surface area contributed by atoms with E-state index in [1.165, 1.54) is 5.56 Å². The van der Waals surface area contributed by atoms with Crippen molar-refractivity contribution < 1.29 is 10.2 Å². The van der Waals surface area contributed by atoms with Crippen LogP contribution in [0.25, 0.3) is 0 Å². The maximum atomic E-state index is 9.07. The van der Waals surface area contributed by atoms with Gasteiger partial charge < -0.3 is 10.2 Å². The largest absolute Gasteiger partial charge is 0.394 e. The van der Waals surface area contributed by atoms with Gasteiger partial charge in [-0.15, -0.1) is 0 Å². The van der Waals surface area contributed by atoms with Crippen molar-refractivity contribution in [2.45, 2.75) is 18.9 Å². The topological polar surface area (TPSA) is 40.5 Å². The summed E-state index contributed by atoms with van der Waals surface area (Å²) in [6.45, 7) is -0.146. The first-order valence-electron chi connectivity index (χ1n) is 4.16. The van der Waals surface area contributed by atoms with Crippen LogP contribution in [-0.4, -0.2) is 22.9 Å². The van der Waals surface area contributed by atoms with E-state index >= 15 is 0 Å². The van der Waals surface area contributed by atoms with Gasteiger partial charge in [0.1, 0.15) is 0 Å². The van der Waals surface area contributed by atoms with Crippen LogP contribution in [0.5, 0.6) is 0 Å². The van der Waals surface area contributed by atoms with Crippen molar-refractivity contribution in [1.29, 1.82) is 0 Å². The maximum absolute atomic E-state index is 9.07. The summed E-state index contributed by atoms with van der Waals surface area (Å²) in [5, 5.41) is 17.6. The van der Waals surface area contributed by atoms with Crippen LogP contribution in [0.2, 0.25) is 0 Å². The summed E-state index contributed by atoms with van der Waals surface area (Å²) in [6, 6.07) is 9.95. The Hall–Kier alpha value is -0.860. The number of hydrogen-bond donors (Lipinski definition) is 2. The van der Waals surface area contributed by atoms with Gasteiger partial charge in [0.2, 0.25) is 0 Å². The first-order valence-corrected chi connectivity index (χ1v) is 4.16. The normalized spacial score (nSPS) is 12.8. The van der Waals surface area contributed by atoms with E-state index in [4.69, 9.17) is 10.2 Å². The monoisotopic (exact) mass is 166 g/mol. The molecule has 0 heterocycles. The lowest BCUT2D eigenvalue weighted by molar-refractivity contribution is 0.0886. The van der Waals surface area contributed by atoms with Gasteiger partial charge in [-0.3, -0.25) is 0 Å². The predicted molar refractivity (Wildman–Crippen MR) is 47.9 cm³/mol. The molecular formula is C10H14O2. The Morgan fingerprint density at radius 3 is 2.42 bits per heavy atom. The fraction of sp³-hybridized carbons (Fsp3) is 0.400. The fourth-order valence-corrected chi connectivity index (χ4v) is 1.07. The molecule has 0 saturated heterocycles. The number of benzene rings is 1. The summed E-state index contributed by atoms with van der Waals surface area (Å²) in [7, 11) is 0. The molecule has 1 aromatic rings. The molecule has 1 rings (SSSR count). The molecular weight excluding hydrogens is 152 g/mol. The SMILES string of the molecule is OCC(O)CCc1ccccc1. The van der Waals surface area contributed by atoms with Gasteiger partial charge in [-0.05, 0) is 18.4 Å². The van der Waals surface area contributed by atoms with Crippen molar-refractivity contribution in [2.75, 3.05) is 6.61 Å². The molecule has 1 unspecified atom stereocenters. The number of aryl methyl sites for hydroxylation is 1. The summed E-state index contributed by atoms with van der Waals surface area (Å²) in [4.78, 5) is 0. The smallest absolute Gasteiger partial charge is 0.0774 e. The van der Waals surface area contributed by atoms with Gasteiger partial charge in [-0.1, -0.05) is 30.3 Å².